The molecule has 0 saturated carbocycles. The summed E-state index contributed by atoms with van der Waals surface area (Å²) in [6, 6.07) is 16.8. The van der Waals surface area contributed by atoms with Crippen LogP contribution in [0.4, 0.5) is 10.1 Å². The molecular weight excluding hydrogens is 497 g/mol. The summed E-state index contributed by atoms with van der Waals surface area (Å²) in [5, 5.41) is 9.75. The van der Waals surface area contributed by atoms with Crippen molar-refractivity contribution < 1.29 is 23.1 Å². The molecule has 8 heteroatoms. The average molecular weight is 528 g/mol. The third-order valence-electron chi connectivity index (χ3n) is 6.57. The van der Waals surface area contributed by atoms with E-state index in [1.54, 1.807) is 25.2 Å². The van der Waals surface area contributed by atoms with Gasteiger partial charge in [0.15, 0.2) is 0 Å². The molecule has 4 aromatic rings. The molecule has 7 nitrogen and oxygen atoms in total. The van der Waals surface area contributed by atoms with Crippen molar-refractivity contribution in [2.24, 2.45) is 0 Å². The number of hydrogen-bond donors (Lipinski definition) is 3. The van der Waals surface area contributed by atoms with Gasteiger partial charge < -0.3 is 25.1 Å². The van der Waals surface area contributed by atoms with Crippen molar-refractivity contribution >= 4 is 28.5 Å². The van der Waals surface area contributed by atoms with Crippen LogP contribution in [0.25, 0.3) is 33.4 Å². The normalized spacial score (nSPS) is 15.6. The van der Waals surface area contributed by atoms with E-state index in [0.29, 0.717) is 53.2 Å². The van der Waals surface area contributed by atoms with Crippen LogP contribution >= 0.6 is 0 Å². The number of furan rings is 1. The van der Waals surface area contributed by atoms with Crippen LogP contribution in [0.5, 0.6) is 0 Å². The zero-order valence-corrected chi connectivity index (χ0v) is 22.1. The molecule has 2 heterocycles. The van der Waals surface area contributed by atoms with E-state index in [0.717, 1.165) is 22.4 Å². The van der Waals surface area contributed by atoms with Crippen LogP contribution in [0.1, 0.15) is 34.6 Å². The number of amides is 2. The minimum Gasteiger partial charge on any atom is -0.455 e. The number of nitrogens with one attached hydrogen (secondary N) is 3. The van der Waals surface area contributed by atoms with Gasteiger partial charge in [-0.3, -0.25) is 9.59 Å². The Bertz CT molecular complexity index is 1590. The van der Waals surface area contributed by atoms with Gasteiger partial charge in [-0.05, 0) is 67.4 Å². The number of carbonyl (C=O) groups excluding carboxylic acids is 2. The van der Waals surface area contributed by atoms with E-state index >= 15 is 0 Å². The Morgan fingerprint density at radius 3 is 2.54 bits per heavy atom. The fourth-order valence-corrected chi connectivity index (χ4v) is 4.65. The van der Waals surface area contributed by atoms with E-state index in [1.807, 2.05) is 44.2 Å². The van der Waals surface area contributed by atoms with Gasteiger partial charge in [0.05, 0.1) is 24.3 Å². The highest BCUT2D eigenvalue weighted by Gasteiger charge is 2.25. The first kappa shape index (κ1) is 26.2. The van der Waals surface area contributed by atoms with Gasteiger partial charge in [0.25, 0.3) is 11.8 Å². The SMILES string of the molecule is C=C1CNc2cc3oc(-c4ccc(F)cc4)c(C(=O)NC)c3cc2-c2cccc(c2)C(=O)NC(C)(C)COC1. The molecule has 0 saturated heterocycles. The molecule has 39 heavy (non-hydrogen) atoms. The topological polar surface area (TPSA) is 92.6 Å². The number of fused-ring (bicyclic) bond motifs is 5. The van der Waals surface area contributed by atoms with Gasteiger partial charge in [-0.2, -0.15) is 0 Å². The number of benzene rings is 3. The fourth-order valence-electron chi connectivity index (χ4n) is 4.65. The predicted molar refractivity (Wildman–Crippen MR) is 150 cm³/mol. The molecule has 1 aliphatic rings. The van der Waals surface area contributed by atoms with E-state index in [1.165, 1.54) is 12.1 Å². The summed E-state index contributed by atoms with van der Waals surface area (Å²) >= 11 is 0. The Hall–Kier alpha value is -4.43. The standard InChI is InChI=1S/C31H30FN3O4/c1-18-15-34-25-14-26-24(27(30(37)33-4)28(39-26)19-8-10-22(32)11-9-19)13-23(25)20-6-5-7-21(12-20)29(36)35-31(2,3)17-38-16-18/h5-14,34H,1,15-17H2,2-4H3,(H,33,37)(H,35,36). The van der Waals surface area contributed by atoms with Crippen molar-refractivity contribution in [2.75, 3.05) is 32.1 Å². The Morgan fingerprint density at radius 2 is 1.79 bits per heavy atom. The third kappa shape index (κ3) is 5.42. The maximum absolute atomic E-state index is 13.6. The second-order valence-electron chi connectivity index (χ2n) is 10.3. The van der Waals surface area contributed by atoms with Crippen molar-refractivity contribution in [2.45, 2.75) is 19.4 Å². The average Bonchev–Trinajstić information content (AvgIpc) is 3.29. The lowest BCUT2D eigenvalue weighted by atomic mass is 9.96. The number of carbonyl (C=O) groups is 2. The van der Waals surface area contributed by atoms with Crippen LogP contribution in [0.15, 0.2) is 77.2 Å². The van der Waals surface area contributed by atoms with E-state index in [2.05, 4.69) is 22.5 Å². The Labute approximate surface area is 226 Å². The van der Waals surface area contributed by atoms with Crippen molar-refractivity contribution in [3.8, 4) is 22.5 Å². The third-order valence-corrected chi connectivity index (χ3v) is 6.57. The fraction of sp³-hybridized carbons (Fsp3) is 0.226. The van der Waals surface area contributed by atoms with Crippen LogP contribution in [-0.2, 0) is 4.74 Å². The molecule has 5 rings (SSSR count). The molecule has 3 aromatic carbocycles. The van der Waals surface area contributed by atoms with E-state index < -0.39 is 5.54 Å². The van der Waals surface area contributed by atoms with Crippen LogP contribution in [0, 0.1) is 5.82 Å². The molecule has 0 unspecified atom stereocenters. The number of halogens is 1. The van der Waals surface area contributed by atoms with Gasteiger partial charge in [-0.25, -0.2) is 4.39 Å². The predicted octanol–water partition coefficient (Wildman–Crippen LogP) is 5.77. The molecule has 1 aliphatic heterocycles. The van der Waals surface area contributed by atoms with Crippen LogP contribution < -0.4 is 16.0 Å². The van der Waals surface area contributed by atoms with Gasteiger partial charge >= 0.3 is 0 Å². The Morgan fingerprint density at radius 1 is 1.05 bits per heavy atom. The first-order valence-corrected chi connectivity index (χ1v) is 12.6. The summed E-state index contributed by atoms with van der Waals surface area (Å²) in [6.45, 7) is 9.04. The number of ether oxygens (including phenoxy) is 1. The molecule has 0 fully saturated rings. The maximum Gasteiger partial charge on any atom is 0.255 e. The lowest BCUT2D eigenvalue weighted by Gasteiger charge is -2.27. The summed E-state index contributed by atoms with van der Waals surface area (Å²) < 4.78 is 25.7. The molecule has 0 aliphatic carbocycles. The summed E-state index contributed by atoms with van der Waals surface area (Å²) in [6.07, 6.45) is 0. The molecular formula is C31H30FN3O4. The Balaban J connectivity index is 1.72. The van der Waals surface area contributed by atoms with E-state index in [-0.39, 0.29) is 17.6 Å². The summed E-state index contributed by atoms with van der Waals surface area (Å²) in [7, 11) is 1.55. The highest BCUT2D eigenvalue weighted by Crippen LogP contribution is 2.40. The van der Waals surface area contributed by atoms with E-state index in [9.17, 15) is 14.0 Å². The largest absolute Gasteiger partial charge is 0.455 e. The molecule has 1 aromatic heterocycles. The quantitative estimate of drug-likeness (QED) is 0.288. The maximum atomic E-state index is 13.6. The second-order valence-corrected chi connectivity index (χ2v) is 10.3. The molecule has 0 spiro atoms. The zero-order chi connectivity index (χ0) is 27.7. The van der Waals surface area contributed by atoms with Crippen molar-refractivity contribution in [3.63, 3.8) is 0 Å². The summed E-state index contributed by atoms with van der Waals surface area (Å²) in [5.74, 6) is -0.593. The molecule has 3 N–H and O–H groups in total. The lowest BCUT2D eigenvalue weighted by molar-refractivity contribution is 0.0749. The lowest BCUT2D eigenvalue weighted by Crippen LogP contribution is -2.47. The van der Waals surface area contributed by atoms with Gasteiger partial charge in [0.1, 0.15) is 17.2 Å². The number of anilines is 1. The molecule has 2 bridgehead atoms. The van der Waals surface area contributed by atoms with E-state index in [4.69, 9.17) is 9.15 Å². The number of hydrogen-bond acceptors (Lipinski definition) is 5. The van der Waals surface area contributed by atoms with Gasteiger partial charge in [0.2, 0.25) is 0 Å². The Kier molecular flexibility index (Phi) is 6.97. The first-order chi connectivity index (χ1) is 18.6. The molecule has 200 valence electrons. The smallest absolute Gasteiger partial charge is 0.255 e. The molecule has 0 atom stereocenters. The van der Waals surface area contributed by atoms with Crippen LogP contribution in [0.3, 0.4) is 0 Å². The second kappa shape index (κ2) is 10.4. The number of rotatable bonds is 2. The zero-order valence-electron chi connectivity index (χ0n) is 22.1. The summed E-state index contributed by atoms with van der Waals surface area (Å²) in [4.78, 5) is 26.2. The van der Waals surface area contributed by atoms with Gasteiger partial charge in [-0.1, -0.05) is 18.7 Å². The monoisotopic (exact) mass is 527 g/mol. The highest BCUT2D eigenvalue weighted by molar-refractivity contribution is 6.13. The van der Waals surface area contributed by atoms with Crippen LogP contribution in [0.2, 0.25) is 0 Å². The highest BCUT2D eigenvalue weighted by atomic mass is 19.1. The summed E-state index contributed by atoms with van der Waals surface area (Å²) in [5.41, 5.74) is 4.45. The molecule has 0 radical (unpaired) electrons. The van der Waals surface area contributed by atoms with Crippen molar-refractivity contribution in [3.05, 3.63) is 89.8 Å². The van der Waals surface area contributed by atoms with Crippen molar-refractivity contribution in [1.82, 2.24) is 10.6 Å². The van der Waals surface area contributed by atoms with Gasteiger partial charge in [0, 0.05) is 47.4 Å². The van der Waals surface area contributed by atoms with Crippen LogP contribution in [-0.4, -0.2) is 44.2 Å². The minimum atomic E-state index is -0.578. The van der Waals surface area contributed by atoms with Crippen molar-refractivity contribution in [1.29, 1.82) is 0 Å². The molecule has 2 amide bonds. The van der Waals surface area contributed by atoms with Gasteiger partial charge in [-0.15, -0.1) is 0 Å². The first-order valence-electron chi connectivity index (χ1n) is 12.6. The minimum absolute atomic E-state index is 0.218.